The number of esters is 1. The number of carbonyl (C=O) groups is 2. The van der Waals surface area contributed by atoms with Gasteiger partial charge in [-0.15, -0.1) is 0 Å². The largest absolute Gasteiger partial charge is 0.462 e. The molecule has 9 heteroatoms. The van der Waals surface area contributed by atoms with Crippen molar-refractivity contribution in [3.05, 3.63) is 65.0 Å². The number of hydrogen-bond donors (Lipinski definition) is 1. The van der Waals surface area contributed by atoms with E-state index in [1.165, 1.54) is 0 Å². The van der Waals surface area contributed by atoms with E-state index in [2.05, 4.69) is 20.4 Å². The maximum Gasteiger partial charge on any atom is 0.338 e. The number of ether oxygens (including phenoxy) is 1. The number of carbonyl (C=O) groups excluding carboxylic acids is 2. The molecule has 0 bridgehead atoms. The van der Waals surface area contributed by atoms with Crippen molar-refractivity contribution in [2.75, 3.05) is 25.0 Å². The van der Waals surface area contributed by atoms with Crippen molar-refractivity contribution in [3.8, 4) is 11.4 Å². The molecule has 8 nitrogen and oxygen atoms in total. The molecule has 1 aromatic heterocycles. The van der Waals surface area contributed by atoms with Crippen LogP contribution in [0.15, 0.2) is 53.1 Å². The fourth-order valence-corrected chi connectivity index (χ4v) is 3.95. The molecule has 1 fully saturated rings. The fraction of sp³-hybridized carbons (Fsp3) is 0.333. The van der Waals surface area contributed by atoms with Gasteiger partial charge in [-0.3, -0.25) is 9.69 Å². The van der Waals surface area contributed by atoms with E-state index < -0.39 is 5.97 Å². The maximum atomic E-state index is 12.9. The minimum Gasteiger partial charge on any atom is -0.462 e. The van der Waals surface area contributed by atoms with Crippen LogP contribution in [0, 0.1) is 5.92 Å². The second-order valence-electron chi connectivity index (χ2n) is 7.88. The molecule has 1 unspecified atom stereocenters. The van der Waals surface area contributed by atoms with Gasteiger partial charge in [-0.2, -0.15) is 4.98 Å². The molecule has 0 aliphatic carbocycles. The Kier molecular flexibility index (Phi) is 7.36. The number of piperidine rings is 1. The molecule has 2 heterocycles. The van der Waals surface area contributed by atoms with E-state index in [4.69, 9.17) is 20.9 Å². The highest BCUT2D eigenvalue weighted by Gasteiger charge is 2.27. The number of nitrogens with zero attached hydrogens (tertiary/aromatic N) is 3. The molecule has 0 saturated carbocycles. The Bertz CT molecular complexity index is 1120. The van der Waals surface area contributed by atoms with Crippen LogP contribution in [0.4, 0.5) is 5.69 Å². The van der Waals surface area contributed by atoms with E-state index in [0.717, 1.165) is 24.9 Å². The molecular formula is C24H25ClN4O4. The molecule has 1 atom stereocenters. The summed E-state index contributed by atoms with van der Waals surface area (Å²) in [4.78, 5) is 31.4. The summed E-state index contributed by atoms with van der Waals surface area (Å²) in [5, 5.41) is 7.63. The summed E-state index contributed by atoms with van der Waals surface area (Å²) < 4.78 is 10.4. The molecule has 1 N–H and O–H groups in total. The molecule has 1 aliphatic rings. The maximum absolute atomic E-state index is 12.9. The smallest absolute Gasteiger partial charge is 0.338 e. The van der Waals surface area contributed by atoms with Gasteiger partial charge < -0.3 is 14.6 Å². The van der Waals surface area contributed by atoms with Gasteiger partial charge in [0.05, 0.1) is 24.6 Å². The number of rotatable bonds is 7. The zero-order valence-corrected chi connectivity index (χ0v) is 19.0. The summed E-state index contributed by atoms with van der Waals surface area (Å²) in [6, 6.07) is 14.0. The Hall–Kier alpha value is -3.23. The Morgan fingerprint density at radius 1 is 1.24 bits per heavy atom. The number of benzene rings is 2. The highest BCUT2D eigenvalue weighted by Crippen LogP contribution is 2.23. The van der Waals surface area contributed by atoms with E-state index in [9.17, 15) is 9.59 Å². The quantitative estimate of drug-likeness (QED) is 0.512. The lowest BCUT2D eigenvalue weighted by molar-refractivity contribution is -0.121. The Morgan fingerprint density at radius 3 is 2.85 bits per heavy atom. The van der Waals surface area contributed by atoms with Gasteiger partial charge in [0.1, 0.15) is 0 Å². The van der Waals surface area contributed by atoms with Crippen LogP contribution in [0.1, 0.15) is 36.0 Å². The van der Waals surface area contributed by atoms with Crippen LogP contribution in [-0.4, -0.2) is 46.6 Å². The van der Waals surface area contributed by atoms with Gasteiger partial charge in [0.2, 0.25) is 17.6 Å². The van der Waals surface area contributed by atoms with E-state index in [1.807, 2.05) is 12.1 Å². The van der Waals surface area contributed by atoms with Crippen molar-refractivity contribution >= 4 is 29.2 Å². The Morgan fingerprint density at radius 2 is 2.06 bits per heavy atom. The standard InChI is InChI=1S/C24H25ClN4O4/c1-2-32-24(31)17-5-3-7-20(13-17)26-23(30)18-6-4-12-29(14-18)15-21-27-22(28-33-21)16-8-10-19(25)11-9-16/h3,5,7-11,13,18H,2,4,6,12,14-15H2,1H3,(H,26,30). The molecular weight excluding hydrogens is 444 g/mol. The minimum absolute atomic E-state index is 0.0758. The first-order valence-electron chi connectivity index (χ1n) is 10.9. The second-order valence-corrected chi connectivity index (χ2v) is 8.32. The molecule has 1 saturated heterocycles. The van der Waals surface area contributed by atoms with Crippen LogP contribution in [0.25, 0.3) is 11.4 Å². The van der Waals surface area contributed by atoms with Gasteiger partial charge >= 0.3 is 5.97 Å². The topological polar surface area (TPSA) is 97.6 Å². The van der Waals surface area contributed by atoms with Crippen molar-refractivity contribution in [3.63, 3.8) is 0 Å². The predicted molar refractivity (Wildman–Crippen MR) is 124 cm³/mol. The van der Waals surface area contributed by atoms with Gasteiger partial charge in [-0.25, -0.2) is 4.79 Å². The Balaban J connectivity index is 1.35. The monoisotopic (exact) mass is 468 g/mol. The number of nitrogens with one attached hydrogen (secondary N) is 1. The van der Waals surface area contributed by atoms with Crippen LogP contribution < -0.4 is 5.32 Å². The first-order valence-corrected chi connectivity index (χ1v) is 11.3. The number of aromatic nitrogens is 2. The van der Waals surface area contributed by atoms with E-state index >= 15 is 0 Å². The molecule has 172 valence electrons. The van der Waals surface area contributed by atoms with Gasteiger partial charge in [0.25, 0.3) is 0 Å². The first kappa shape index (κ1) is 22.9. The second kappa shape index (κ2) is 10.6. The number of anilines is 1. The zero-order valence-electron chi connectivity index (χ0n) is 18.3. The highest BCUT2D eigenvalue weighted by molar-refractivity contribution is 6.30. The van der Waals surface area contributed by atoms with Crippen molar-refractivity contribution in [2.45, 2.75) is 26.3 Å². The SMILES string of the molecule is CCOC(=O)c1cccc(NC(=O)C2CCCN(Cc3nc(-c4ccc(Cl)cc4)no3)C2)c1. The summed E-state index contributed by atoms with van der Waals surface area (Å²) in [6.07, 6.45) is 1.68. The van der Waals surface area contributed by atoms with Gasteiger partial charge in [-0.05, 0) is 68.8 Å². The molecule has 33 heavy (non-hydrogen) atoms. The van der Waals surface area contributed by atoms with Crippen LogP contribution >= 0.6 is 11.6 Å². The average Bonchev–Trinajstić information content (AvgIpc) is 3.28. The van der Waals surface area contributed by atoms with Crippen molar-refractivity contribution in [1.29, 1.82) is 0 Å². The summed E-state index contributed by atoms with van der Waals surface area (Å²) in [5.41, 5.74) is 1.82. The number of likely N-dealkylation sites (tertiary alicyclic amines) is 1. The molecule has 1 aliphatic heterocycles. The molecule has 0 radical (unpaired) electrons. The normalized spacial score (nSPS) is 16.4. The first-order chi connectivity index (χ1) is 16.0. The summed E-state index contributed by atoms with van der Waals surface area (Å²) >= 11 is 5.93. The van der Waals surface area contributed by atoms with Crippen molar-refractivity contribution in [1.82, 2.24) is 15.0 Å². The summed E-state index contributed by atoms with van der Waals surface area (Å²) in [7, 11) is 0. The van der Waals surface area contributed by atoms with Crippen LogP contribution in [0.3, 0.4) is 0 Å². The fourth-order valence-electron chi connectivity index (χ4n) is 3.82. The third-order valence-electron chi connectivity index (χ3n) is 5.45. The lowest BCUT2D eigenvalue weighted by Gasteiger charge is -2.30. The predicted octanol–water partition coefficient (Wildman–Crippen LogP) is 4.42. The van der Waals surface area contributed by atoms with Gasteiger partial charge in [0.15, 0.2) is 0 Å². The van der Waals surface area contributed by atoms with E-state index in [-0.39, 0.29) is 11.8 Å². The molecule has 3 aromatic rings. The highest BCUT2D eigenvalue weighted by atomic mass is 35.5. The van der Waals surface area contributed by atoms with Gasteiger partial charge in [0, 0.05) is 22.8 Å². The van der Waals surface area contributed by atoms with Crippen LogP contribution in [0.5, 0.6) is 0 Å². The van der Waals surface area contributed by atoms with Crippen molar-refractivity contribution < 1.29 is 18.8 Å². The Labute approximate surface area is 196 Å². The molecule has 1 amide bonds. The van der Waals surface area contributed by atoms with Crippen LogP contribution in [0.2, 0.25) is 5.02 Å². The summed E-state index contributed by atoms with van der Waals surface area (Å²) in [5.74, 6) is 0.351. The molecule has 2 aromatic carbocycles. The molecule has 4 rings (SSSR count). The summed E-state index contributed by atoms with van der Waals surface area (Å²) in [6.45, 7) is 3.96. The lowest BCUT2D eigenvalue weighted by Crippen LogP contribution is -2.40. The molecule has 0 spiro atoms. The van der Waals surface area contributed by atoms with Crippen molar-refractivity contribution in [2.24, 2.45) is 5.92 Å². The van der Waals surface area contributed by atoms with E-state index in [0.29, 0.717) is 47.7 Å². The third kappa shape index (κ3) is 5.97. The number of amides is 1. The minimum atomic E-state index is -0.407. The van der Waals surface area contributed by atoms with Gasteiger partial charge in [-0.1, -0.05) is 22.8 Å². The van der Waals surface area contributed by atoms with Crippen LogP contribution in [-0.2, 0) is 16.1 Å². The lowest BCUT2D eigenvalue weighted by atomic mass is 9.97. The number of halogens is 1. The zero-order chi connectivity index (χ0) is 23.2. The number of hydrogen-bond acceptors (Lipinski definition) is 7. The third-order valence-corrected chi connectivity index (χ3v) is 5.70. The van der Waals surface area contributed by atoms with E-state index in [1.54, 1.807) is 43.3 Å². The average molecular weight is 469 g/mol.